The molecule has 3 aromatic carbocycles. The van der Waals surface area contributed by atoms with Crippen LogP contribution in [-0.2, 0) is 5.41 Å². The van der Waals surface area contributed by atoms with Crippen LogP contribution in [0.5, 0.6) is 0 Å². The molecule has 0 bridgehead atoms. The first-order valence-electron chi connectivity index (χ1n) is 9.06. The van der Waals surface area contributed by atoms with E-state index in [1.165, 1.54) is 0 Å². The molecule has 0 saturated heterocycles. The Kier molecular flexibility index (Phi) is 6.06. The molecule has 0 fully saturated rings. The van der Waals surface area contributed by atoms with Gasteiger partial charge < -0.3 is 10.6 Å². The van der Waals surface area contributed by atoms with Gasteiger partial charge in [0.25, 0.3) is 0 Å². The molecule has 3 nitrogen and oxygen atoms in total. The summed E-state index contributed by atoms with van der Waals surface area (Å²) in [6, 6.07) is 29.8. The van der Waals surface area contributed by atoms with Crippen molar-refractivity contribution < 1.29 is 4.79 Å². The second kappa shape index (κ2) is 8.86. The van der Waals surface area contributed by atoms with Gasteiger partial charge in [-0.2, -0.15) is 0 Å². The van der Waals surface area contributed by atoms with Crippen LogP contribution in [0.2, 0.25) is 0 Å². The monoisotopic (exact) mass is 356 g/mol. The number of hydrogen-bond donors (Lipinski definition) is 2. The van der Waals surface area contributed by atoms with Crippen LogP contribution in [-0.4, -0.2) is 12.6 Å². The minimum absolute atomic E-state index is 0.221. The molecule has 0 radical (unpaired) electrons. The van der Waals surface area contributed by atoms with Crippen LogP contribution in [0.3, 0.4) is 0 Å². The van der Waals surface area contributed by atoms with Crippen molar-refractivity contribution in [3.63, 3.8) is 0 Å². The molecular formula is C24H24N2O. The maximum absolute atomic E-state index is 12.5. The second-order valence-corrected chi connectivity index (χ2v) is 6.48. The highest BCUT2D eigenvalue weighted by Crippen LogP contribution is 2.35. The van der Waals surface area contributed by atoms with E-state index in [0.717, 1.165) is 16.8 Å². The van der Waals surface area contributed by atoms with Crippen molar-refractivity contribution >= 4 is 11.7 Å². The van der Waals surface area contributed by atoms with Gasteiger partial charge in [0.1, 0.15) is 0 Å². The Morgan fingerprint density at radius 3 is 1.78 bits per heavy atom. The van der Waals surface area contributed by atoms with Crippen molar-refractivity contribution in [3.8, 4) is 0 Å². The number of benzene rings is 3. The molecule has 3 aromatic rings. The summed E-state index contributed by atoms with van der Waals surface area (Å²) in [4.78, 5) is 12.5. The lowest BCUT2D eigenvalue weighted by Crippen LogP contribution is -2.43. The smallest absolute Gasteiger partial charge is 0.319 e. The summed E-state index contributed by atoms with van der Waals surface area (Å²) in [6.07, 6.45) is 2.63. The first-order valence-corrected chi connectivity index (χ1v) is 9.06. The maximum Gasteiger partial charge on any atom is 0.319 e. The fraction of sp³-hybridized carbons (Fsp3) is 0.125. The molecule has 0 unspecified atom stereocenters. The summed E-state index contributed by atoms with van der Waals surface area (Å²) in [5.41, 5.74) is 2.69. The van der Waals surface area contributed by atoms with Gasteiger partial charge in [-0.3, -0.25) is 0 Å². The second-order valence-electron chi connectivity index (χ2n) is 6.48. The molecule has 0 aliphatic heterocycles. The Balaban J connectivity index is 1.88. The van der Waals surface area contributed by atoms with E-state index in [0.29, 0.717) is 13.0 Å². The van der Waals surface area contributed by atoms with E-state index in [-0.39, 0.29) is 11.4 Å². The predicted molar refractivity (Wildman–Crippen MR) is 112 cm³/mol. The number of hydrogen-bond acceptors (Lipinski definition) is 1. The largest absolute Gasteiger partial charge is 0.337 e. The normalized spacial score (nSPS) is 10.8. The van der Waals surface area contributed by atoms with Gasteiger partial charge in [0.15, 0.2) is 0 Å². The van der Waals surface area contributed by atoms with Crippen molar-refractivity contribution in [1.82, 2.24) is 5.32 Å². The van der Waals surface area contributed by atoms with Crippen LogP contribution < -0.4 is 10.6 Å². The molecule has 0 atom stereocenters. The molecule has 3 heteroatoms. The van der Waals surface area contributed by atoms with Crippen LogP contribution in [0.1, 0.15) is 17.5 Å². The molecule has 3 rings (SSSR count). The Morgan fingerprint density at radius 2 is 1.30 bits per heavy atom. The number of para-hydroxylation sites is 1. The first kappa shape index (κ1) is 18.5. The summed E-state index contributed by atoms with van der Waals surface area (Å²) in [5, 5.41) is 5.94. The van der Waals surface area contributed by atoms with E-state index in [9.17, 15) is 4.79 Å². The molecule has 0 aromatic heterocycles. The predicted octanol–water partition coefficient (Wildman–Crippen LogP) is 5.37. The van der Waals surface area contributed by atoms with E-state index >= 15 is 0 Å². The van der Waals surface area contributed by atoms with Gasteiger partial charge in [-0.15, -0.1) is 6.58 Å². The number of allylic oxidation sites excluding steroid dienone is 1. The van der Waals surface area contributed by atoms with Gasteiger partial charge in [0, 0.05) is 17.6 Å². The van der Waals surface area contributed by atoms with E-state index in [2.05, 4.69) is 41.5 Å². The average molecular weight is 356 g/mol. The van der Waals surface area contributed by atoms with Crippen molar-refractivity contribution in [1.29, 1.82) is 0 Å². The highest BCUT2D eigenvalue weighted by atomic mass is 16.2. The zero-order chi connectivity index (χ0) is 19.0. The van der Waals surface area contributed by atoms with Crippen LogP contribution >= 0.6 is 0 Å². The quantitative estimate of drug-likeness (QED) is 0.549. The zero-order valence-electron chi connectivity index (χ0n) is 15.3. The minimum atomic E-state index is -0.377. The lowest BCUT2D eigenvalue weighted by molar-refractivity contribution is 0.250. The number of nitrogens with one attached hydrogen (secondary N) is 2. The Bertz CT molecular complexity index is 821. The topological polar surface area (TPSA) is 41.1 Å². The summed E-state index contributed by atoms with van der Waals surface area (Å²) in [5.74, 6) is 0. The standard InChI is InChI=1S/C24H24N2O/c1-2-18-24(20-12-6-3-7-13-20,21-14-8-4-9-15-21)19-25-23(27)26-22-16-10-5-11-17-22/h2-17H,1,18-19H2,(H2,25,26,27). The zero-order valence-corrected chi connectivity index (χ0v) is 15.3. The van der Waals surface area contributed by atoms with Gasteiger partial charge in [0.05, 0.1) is 0 Å². The molecule has 27 heavy (non-hydrogen) atoms. The van der Waals surface area contributed by atoms with Crippen molar-refractivity contribution in [3.05, 3.63) is 115 Å². The third-order valence-corrected chi connectivity index (χ3v) is 4.73. The number of urea groups is 1. The van der Waals surface area contributed by atoms with Gasteiger partial charge >= 0.3 is 6.03 Å². The lowest BCUT2D eigenvalue weighted by Gasteiger charge is -2.34. The number of rotatable bonds is 7. The maximum atomic E-state index is 12.5. The van der Waals surface area contributed by atoms with E-state index < -0.39 is 0 Å². The highest BCUT2D eigenvalue weighted by molar-refractivity contribution is 5.89. The fourth-order valence-electron chi connectivity index (χ4n) is 3.37. The number of anilines is 1. The fourth-order valence-corrected chi connectivity index (χ4v) is 3.37. The van der Waals surface area contributed by atoms with Gasteiger partial charge in [-0.25, -0.2) is 4.79 Å². The minimum Gasteiger partial charge on any atom is -0.337 e. The van der Waals surface area contributed by atoms with Crippen molar-refractivity contribution in [2.75, 3.05) is 11.9 Å². The Hall–Kier alpha value is -3.33. The Labute approximate surface area is 160 Å². The van der Waals surface area contributed by atoms with E-state index in [1.54, 1.807) is 0 Å². The molecule has 136 valence electrons. The van der Waals surface area contributed by atoms with E-state index in [1.807, 2.05) is 72.8 Å². The first-order chi connectivity index (χ1) is 13.2. The molecule has 0 saturated carbocycles. The van der Waals surface area contributed by atoms with Crippen LogP contribution in [0.15, 0.2) is 104 Å². The van der Waals surface area contributed by atoms with Gasteiger partial charge in [-0.05, 0) is 29.7 Å². The van der Waals surface area contributed by atoms with Crippen molar-refractivity contribution in [2.24, 2.45) is 0 Å². The molecule has 0 aliphatic carbocycles. The molecule has 2 amide bonds. The lowest BCUT2D eigenvalue weighted by atomic mass is 9.72. The van der Waals surface area contributed by atoms with Crippen LogP contribution in [0.25, 0.3) is 0 Å². The summed E-state index contributed by atoms with van der Waals surface area (Å²) in [6.45, 7) is 4.43. The van der Waals surface area contributed by atoms with Gasteiger partial charge in [-0.1, -0.05) is 84.9 Å². The van der Waals surface area contributed by atoms with Gasteiger partial charge in [0.2, 0.25) is 0 Å². The molecule has 0 heterocycles. The molecule has 0 spiro atoms. The third kappa shape index (κ3) is 4.45. The Morgan fingerprint density at radius 1 is 0.815 bits per heavy atom. The number of carbonyl (C=O) groups excluding carboxylic acids is 1. The van der Waals surface area contributed by atoms with Crippen LogP contribution in [0.4, 0.5) is 10.5 Å². The molecule has 2 N–H and O–H groups in total. The number of amides is 2. The van der Waals surface area contributed by atoms with Crippen LogP contribution in [0, 0.1) is 0 Å². The number of carbonyl (C=O) groups is 1. The third-order valence-electron chi connectivity index (χ3n) is 4.73. The average Bonchev–Trinajstić information content (AvgIpc) is 2.73. The molecular weight excluding hydrogens is 332 g/mol. The molecule has 0 aliphatic rings. The van der Waals surface area contributed by atoms with Crippen molar-refractivity contribution in [2.45, 2.75) is 11.8 Å². The summed E-state index contributed by atoms with van der Waals surface area (Å²) < 4.78 is 0. The summed E-state index contributed by atoms with van der Waals surface area (Å²) in [7, 11) is 0. The van der Waals surface area contributed by atoms with E-state index in [4.69, 9.17) is 0 Å². The highest BCUT2D eigenvalue weighted by Gasteiger charge is 2.33. The summed E-state index contributed by atoms with van der Waals surface area (Å²) >= 11 is 0. The SMILES string of the molecule is C=CCC(CNC(=O)Nc1ccccc1)(c1ccccc1)c1ccccc1.